The molecule has 2 N–H and O–H groups in total. The molecule has 0 saturated heterocycles. The molecule has 0 aliphatic carbocycles. The van der Waals surface area contributed by atoms with Crippen molar-refractivity contribution in [3.63, 3.8) is 0 Å². The van der Waals surface area contributed by atoms with Crippen LogP contribution in [0.3, 0.4) is 0 Å². The van der Waals surface area contributed by atoms with Crippen LogP contribution in [0.1, 0.15) is 52.9 Å². The van der Waals surface area contributed by atoms with Crippen LogP contribution in [0, 0.1) is 0 Å². The number of aliphatic carboxylic acids is 1. The number of hydrogen-bond acceptors (Lipinski definition) is 4. The largest absolute Gasteiger partial charge is 0.480 e. The summed E-state index contributed by atoms with van der Waals surface area (Å²) >= 11 is 0. The predicted molar refractivity (Wildman–Crippen MR) is 69.4 cm³/mol. The Bertz CT molecular complexity index is 258. The Morgan fingerprint density at radius 3 is 2.28 bits per heavy atom. The lowest BCUT2D eigenvalue weighted by Gasteiger charge is -2.19. The molecule has 0 aromatic carbocycles. The van der Waals surface area contributed by atoms with Crippen LogP contribution in [0.5, 0.6) is 0 Å². The summed E-state index contributed by atoms with van der Waals surface area (Å²) < 4.78 is 5.19. The molecule has 0 fully saturated rings. The summed E-state index contributed by atoms with van der Waals surface area (Å²) in [5.74, 6) is -0.980. The van der Waals surface area contributed by atoms with Gasteiger partial charge in [0.25, 0.3) is 0 Å². The first kappa shape index (κ1) is 16.9. The first-order chi connectivity index (χ1) is 8.31. The maximum atomic E-state index is 11.4. The van der Waals surface area contributed by atoms with Crippen molar-refractivity contribution < 1.29 is 19.4 Å². The zero-order valence-corrected chi connectivity index (χ0v) is 11.6. The van der Waals surface area contributed by atoms with E-state index in [1.807, 2.05) is 20.8 Å². The highest BCUT2D eigenvalue weighted by Gasteiger charge is 2.15. The van der Waals surface area contributed by atoms with Gasteiger partial charge < -0.3 is 15.2 Å². The highest BCUT2D eigenvalue weighted by atomic mass is 16.6. The third kappa shape index (κ3) is 13.0. The first-order valence-electron chi connectivity index (χ1n) is 6.45. The fraction of sp³-hybridized carbons (Fsp3) is 0.846. The van der Waals surface area contributed by atoms with E-state index in [0.717, 1.165) is 25.7 Å². The van der Waals surface area contributed by atoms with Gasteiger partial charge in [-0.25, -0.2) is 0 Å². The molecule has 0 spiro atoms. The molecule has 0 rings (SSSR count). The SMILES string of the molecule is CC(C)(C)OC(=O)CCCCCCNCC(=O)O. The minimum absolute atomic E-state index is 0.0118. The second-order valence-corrected chi connectivity index (χ2v) is 5.32. The van der Waals surface area contributed by atoms with Gasteiger partial charge >= 0.3 is 11.9 Å². The smallest absolute Gasteiger partial charge is 0.317 e. The maximum absolute atomic E-state index is 11.4. The number of esters is 1. The van der Waals surface area contributed by atoms with E-state index in [1.165, 1.54) is 0 Å². The van der Waals surface area contributed by atoms with Crippen molar-refractivity contribution in [2.24, 2.45) is 0 Å². The van der Waals surface area contributed by atoms with E-state index in [9.17, 15) is 9.59 Å². The number of carboxylic acids is 1. The van der Waals surface area contributed by atoms with Gasteiger partial charge in [0.15, 0.2) is 0 Å². The number of carbonyl (C=O) groups excluding carboxylic acids is 1. The molecule has 0 aliphatic heterocycles. The van der Waals surface area contributed by atoms with Crippen LogP contribution < -0.4 is 5.32 Å². The Morgan fingerprint density at radius 1 is 1.11 bits per heavy atom. The van der Waals surface area contributed by atoms with Gasteiger partial charge in [-0.15, -0.1) is 0 Å². The molecular weight excluding hydrogens is 234 g/mol. The monoisotopic (exact) mass is 259 g/mol. The number of ether oxygens (including phenoxy) is 1. The van der Waals surface area contributed by atoms with Gasteiger partial charge in [-0.3, -0.25) is 9.59 Å². The van der Waals surface area contributed by atoms with Crippen LogP contribution in [0.2, 0.25) is 0 Å². The summed E-state index contributed by atoms with van der Waals surface area (Å²) in [5, 5.41) is 11.2. The summed E-state index contributed by atoms with van der Waals surface area (Å²) in [7, 11) is 0. The fourth-order valence-corrected chi connectivity index (χ4v) is 1.46. The average molecular weight is 259 g/mol. The minimum atomic E-state index is -0.833. The van der Waals surface area contributed by atoms with Crippen LogP contribution in [-0.2, 0) is 14.3 Å². The summed E-state index contributed by atoms with van der Waals surface area (Å²) in [6, 6.07) is 0. The number of unbranched alkanes of at least 4 members (excludes halogenated alkanes) is 3. The van der Waals surface area contributed by atoms with E-state index in [2.05, 4.69) is 5.32 Å². The van der Waals surface area contributed by atoms with Crippen molar-refractivity contribution in [1.82, 2.24) is 5.32 Å². The number of hydrogen-bond donors (Lipinski definition) is 2. The molecule has 0 amide bonds. The van der Waals surface area contributed by atoms with E-state index in [4.69, 9.17) is 9.84 Å². The van der Waals surface area contributed by atoms with E-state index in [1.54, 1.807) is 0 Å². The number of rotatable bonds is 9. The Hall–Kier alpha value is -1.10. The highest BCUT2D eigenvalue weighted by molar-refractivity contribution is 5.69. The molecule has 106 valence electrons. The van der Waals surface area contributed by atoms with Gasteiger partial charge in [0.1, 0.15) is 5.60 Å². The topological polar surface area (TPSA) is 75.6 Å². The molecule has 0 radical (unpaired) electrons. The Balaban J connectivity index is 3.30. The van der Waals surface area contributed by atoms with Gasteiger partial charge in [-0.2, -0.15) is 0 Å². The lowest BCUT2D eigenvalue weighted by Crippen LogP contribution is -2.23. The molecule has 0 aromatic heterocycles. The minimum Gasteiger partial charge on any atom is -0.480 e. The van der Waals surface area contributed by atoms with E-state index in [0.29, 0.717) is 13.0 Å². The summed E-state index contributed by atoms with van der Waals surface area (Å²) in [6.07, 6.45) is 4.18. The van der Waals surface area contributed by atoms with Crippen molar-refractivity contribution >= 4 is 11.9 Å². The van der Waals surface area contributed by atoms with Crippen molar-refractivity contribution in [3.05, 3.63) is 0 Å². The standard InChI is InChI=1S/C13H25NO4/c1-13(2,3)18-12(17)8-6-4-5-7-9-14-10-11(15)16/h14H,4-10H2,1-3H3,(H,15,16). The average Bonchev–Trinajstić information content (AvgIpc) is 2.18. The molecular formula is C13H25NO4. The van der Waals surface area contributed by atoms with Crippen LogP contribution in [0.15, 0.2) is 0 Å². The molecule has 0 saturated carbocycles. The van der Waals surface area contributed by atoms with Gasteiger partial charge in [-0.05, 0) is 40.2 Å². The van der Waals surface area contributed by atoms with E-state index < -0.39 is 11.6 Å². The molecule has 0 unspecified atom stereocenters. The highest BCUT2D eigenvalue weighted by Crippen LogP contribution is 2.10. The zero-order valence-electron chi connectivity index (χ0n) is 11.6. The Kier molecular flexibility index (Phi) is 8.37. The Labute approximate surface area is 109 Å². The second kappa shape index (κ2) is 8.91. The van der Waals surface area contributed by atoms with Crippen molar-refractivity contribution in [1.29, 1.82) is 0 Å². The third-order valence-corrected chi connectivity index (χ3v) is 2.18. The molecule has 0 aliphatic rings. The van der Waals surface area contributed by atoms with Crippen molar-refractivity contribution in [2.45, 2.75) is 58.5 Å². The predicted octanol–water partition coefficient (Wildman–Crippen LogP) is 1.95. The summed E-state index contributed by atoms with van der Waals surface area (Å²) in [6.45, 7) is 6.30. The van der Waals surface area contributed by atoms with E-state index in [-0.39, 0.29) is 12.5 Å². The number of carbonyl (C=O) groups is 2. The Morgan fingerprint density at radius 2 is 1.72 bits per heavy atom. The lowest BCUT2D eigenvalue weighted by molar-refractivity contribution is -0.155. The third-order valence-electron chi connectivity index (χ3n) is 2.18. The van der Waals surface area contributed by atoms with Crippen molar-refractivity contribution in [3.8, 4) is 0 Å². The second-order valence-electron chi connectivity index (χ2n) is 5.32. The molecule has 0 aromatic rings. The zero-order chi connectivity index (χ0) is 14.0. The van der Waals surface area contributed by atoms with Gasteiger partial charge in [0.05, 0.1) is 6.54 Å². The first-order valence-corrected chi connectivity index (χ1v) is 6.45. The van der Waals surface area contributed by atoms with Crippen molar-refractivity contribution in [2.75, 3.05) is 13.1 Å². The van der Waals surface area contributed by atoms with E-state index >= 15 is 0 Å². The molecule has 0 heterocycles. The quantitative estimate of drug-likeness (QED) is 0.489. The van der Waals surface area contributed by atoms with Gasteiger partial charge in [-0.1, -0.05) is 12.8 Å². The molecule has 18 heavy (non-hydrogen) atoms. The molecule has 5 nitrogen and oxygen atoms in total. The molecule has 0 atom stereocenters. The maximum Gasteiger partial charge on any atom is 0.317 e. The van der Waals surface area contributed by atoms with Gasteiger partial charge in [0.2, 0.25) is 0 Å². The van der Waals surface area contributed by atoms with Crippen LogP contribution in [0.25, 0.3) is 0 Å². The van der Waals surface area contributed by atoms with Crippen LogP contribution in [0.4, 0.5) is 0 Å². The number of nitrogens with one attached hydrogen (secondary N) is 1. The van der Waals surface area contributed by atoms with Crippen LogP contribution >= 0.6 is 0 Å². The van der Waals surface area contributed by atoms with Crippen LogP contribution in [-0.4, -0.2) is 35.7 Å². The lowest BCUT2D eigenvalue weighted by atomic mass is 10.1. The molecule has 5 heteroatoms. The normalized spacial score (nSPS) is 11.3. The van der Waals surface area contributed by atoms with Gasteiger partial charge in [0, 0.05) is 6.42 Å². The number of carboxylic acid groups (broad SMARTS) is 1. The molecule has 0 bridgehead atoms. The summed E-state index contributed by atoms with van der Waals surface area (Å²) in [5.41, 5.74) is -0.405. The fourth-order valence-electron chi connectivity index (χ4n) is 1.46. The summed E-state index contributed by atoms with van der Waals surface area (Å²) in [4.78, 5) is 21.6.